The first-order valence-electron chi connectivity index (χ1n) is 5.79. The van der Waals surface area contributed by atoms with Crippen LogP contribution in [0.1, 0.15) is 12.0 Å². The summed E-state index contributed by atoms with van der Waals surface area (Å²) in [6.45, 7) is 0. The third-order valence-corrected chi connectivity index (χ3v) is 4.71. The van der Waals surface area contributed by atoms with Gasteiger partial charge in [0, 0.05) is 11.1 Å². The van der Waals surface area contributed by atoms with Crippen LogP contribution in [0.15, 0.2) is 24.3 Å². The van der Waals surface area contributed by atoms with Gasteiger partial charge in [-0.05, 0) is 55.0 Å². The van der Waals surface area contributed by atoms with Crippen molar-refractivity contribution in [3.05, 3.63) is 34.9 Å². The number of nitrogens with one attached hydrogen (secondary N) is 1. The lowest BCUT2D eigenvalue weighted by molar-refractivity contribution is 0.404. The Morgan fingerprint density at radius 1 is 1.44 bits per heavy atom. The summed E-state index contributed by atoms with van der Waals surface area (Å²) in [4.78, 5) is 0. The fraction of sp³-hybridized carbons (Fsp3) is 0.538. The molecule has 16 heavy (non-hydrogen) atoms. The third-order valence-electron chi connectivity index (χ3n) is 3.27. The lowest BCUT2D eigenvalue weighted by atomic mass is 9.93. The molecule has 0 aromatic heterocycles. The molecule has 1 aromatic rings. The zero-order valence-corrected chi connectivity index (χ0v) is 11.2. The van der Waals surface area contributed by atoms with E-state index < -0.39 is 0 Å². The van der Waals surface area contributed by atoms with Gasteiger partial charge in [-0.1, -0.05) is 23.7 Å². The maximum Gasteiger partial charge on any atom is 0.0406 e. The zero-order valence-electron chi connectivity index (χ0n) is 9.58. The molecule has 3 heteroatoms. The Balaban J connectivity index is 1.97. The molecule has 1 nitrogen and oxygen atoms in total. The average Bonchev–Trinajstić information content (AvgIpc) is 2.82. The van der Waals surface area contributed by atoms with Gasteiger partial charge in [0.1, 0.15) is 0 Å². The molecule has 0 amide bonds. The van der Waals surface area contributed by atoms with E-state index in [1.54, 1.807) is 0 Å². The second-order valence-electron chi connectivity index (χ2n) is 4.35. The molecule has 2 rings (SSSR count). The Morgan fingerprint density at radius 2 is 2.19 bits per heavy atom. The van der Waals surface area contributed by atoms with Gasteiger partial charge in [-0.3, -0.25) is 0 Å². The summed E-state index contributed by atoms with van der Waals surface area (Å²) in [5, 5.41) is 4.28. The second kappa shape index (κ2) is 5.95. The van der Waals surface area contributed by atoms with Crippen molar-refractivity contribution in [2.75, 3.05) is 18.6 Å². The van der Waals surface area contributed by atoms with E-state index in [-0.39, 0.29) is 0 Å². The molecule has 1 aliphatic rings. The largest absolute Gasteiger partial charge is 0.316 e. The molecule has 0 aliphatic carbocycles. The number of likely N-dealkylation sites (N-methyl/N-ethyl adjacent to an activating group) is 1. The van der Waals surface area contributed by atoms with Gasteiger partial charge in [0.25, 0.3) is 0 Å². The fourth-order valence-electron chi connectivity index (χ4n) is 2.25. The topological polar surface area (TPSA) is 12.0 Å². The number of hydrogen-bond acceptors (Lipinski definition) is 2. The number of benzene rings is 1. The number of rotatable bonds is 4. The van der Waals surface area contributed by atoms with Crippen LogP contribution in [0, 0.1) is 5.92 Å². The minimum atomic E-state index is 0.608. The van der Waals surface area contributed by atoms with Crippen molar-refractivity contribution in [1.82, 2.24) is 5.32 Å². The molecule has 1 aromatic carbocycles. The van der Waals surface area contributed by atoms with Gasteiger partial charge in [-0.25, -0.2) is 0 Å². The molecule has 88 valence electrons. The van der Waals surface area contributed by atoms with E-state index in [4.69, 9.17) is 11.6 Å². The van der Waals surface area contributed by atoms with Crippen LogP contribution in [0.3, 0.4) is 0 Å². The highest BCUT2D eigenvalue weighted by Crippen LogP contribution is 2.27. The molecule has 1 fully saturated rings. The molecule has 1 saturated heterocycles. The van der Waals surface area contributed by atoms with Crippen molar-refractivity contribution >= 4 is 23.4 Å². The van der Waals surface area contributed by atoms with Gasteiger partial charge in [0.15, 0.2) is 0 Å². The Kier molecular flexibility index (Phi) is 4.56. The highest BCUT2D eigenvalue weighted by molar-refractivity contribution is 7.99. The van der Waals surface area contributed by atoms with Crippen molar-refractivity contribution in [1.29, 1.82) is 0 Å². The van der Waals surface area contributed by atoms with Gasteiger partial charge in [0.05, 0.1) is 0 Å². The highest BCUT2D eigenvalue weighted by atomic mass is 35.5. The molecular weight excluding hydrogens is 238 g/mol. The maximum atomic E-state index is 5.89. The lowest BCUT2D eigenvalue weighted by Crippen LogP contribution is -2.35. The van der Waals surface area contributed by atoms with E-state index in [1.807, 2.05) is 12.1 Å². The van der Waals surface area contributed by atoms with Crippen LogP contribution < -0.4 is 5.32 Å². The molecule has 1 N–H and O–H groups in total. The van der Waals surface area contributed by atoms with Crippen LogP contribution in [0.4, 0.5) is 0 Å². The minimum Gasteiger partial charge on any atom is -0.316 e. The summed E-state index contributed by atoms with van der Waals surface area (Å²) in [5.41, 5.74) is 1.38. The summed E-state index contributed by atoms with van der Waals surface area (Å²) in [7, 11) is 2.07. The highest BCUT2D eigenvalue weighted by Gasteiger charge is 2.24. The zero-order chi connectivity index (χ0) is 11.4. The number of halogens is 1. The van der Waals surface area contributed by atoms with Crippen LogP contribution in [0.2, 0.25) is 5.02 Å². The molecule has 2 atom stereocenters. The second-order valence-corrected chi connectivity index (χ2v) is 5.94. The molecule has 0 bridgehead atoms. The van der Waals surface area contributed by atoms with E-state index in [1.165, 1.54) is 23.5 Å². The smallest absolute Gasteiger partial charge is 0.0406 e. The van der Waals surface area contributed by atoms with E-state index in [0.717, 1.165) is 17.4 Å². The van der Waals surface area contributed by atoms with Crippen molar-refractivity contribution < 1.29 is 0 Å². The minimum absolute atomic E-state index is 0.608. The Hall–Kier alpha value is -0.180. The first kappa shape index (κ1) is 12.3. The molecule has 0 radical (unpaired) electrons. The molecule has 1 heterocycles. The van der Waals surface area contributed by atoms with Crippen LogP contribution in [-0.4, -0.2) is 24.6 Å². The van der Waals surface area contributed by atoms with E-state index in [0.29, 0.717) is 6.04 Å². The average molecular weight is 256 g/mol. The van der Waals surface area contributed by atoms with E-state index in [2.05, 4.69) is 36.3 Å². The standard InChI is InChI=1S/C13H18ClNS/c1-15-13(11-6-7-16-9-11)8-10-2-4-12(14)5-3-10/h2-5,11,13,15H,6-9H2,1H3. The summed E-state index contributed by atoms with van der Waals surface area (Å²) < 4.78 is 0. The van der Waals surface area contributed by atoms with Gasteiger partial charge >= 0.3 is 0 Å². The molecule has 0 saturated carbocycles. The monoisotopic (exact) mass is 255 g/mol. The van der Waals surface area contributed by atoms with Gasteiger partial charge in [0.2, 0.25) is 0 Å². The third kappa shape index (κ3) is 3.16. The van der Waals surface area contributed by atoms with Crippen molar-refractivity contribution in [2.24, 2.45) is 5.92 Å². The molecule has 2 unspecified atom stereocenters. The lowest BCUT2D eigenvalue weighted by Gasteiger charge is -2.22. The Morgan fingerprint density at radius 3 is 2.75 bits per heavy atom. The summed E-state index contributed by atoms with van der Waals surface area (Å²) in [5.74, 6) is 3.45. The molecular formula is C13H18ClNS. The maximum absolute atomic E-state index is 5.89. The van der Waals surface area contributed by atoms with E-state index >= 15 is 0 Å². The number of hydrogen-bond donors (Lipinski definition) is 1. The Bertz CT molecular complexity index is 319. The normalized spacial score (nSPS) is 22.2. The van der Waals surface area contributed by atoms with Crippen LogP contribution in [-0.2, 0) is 6.42 Å². The summed E-state index contributed by atoms with van der Waals surface area (Å²) in [6.07, 6.45) is 2.46. The van der Waals surface area contributed by atoms with Gasteiger partial charge in [-0.15, -0.1) is 0 Å². The predicted octanol–water partition coefficient (Wildman–Crippen LogP) is 3.22. The SMILES string of the molecule is CNC(Cc1ccc(Cl)cc1)C1CCSC1. The van der Waals surface area contributed by atoms with Crippen molar-refractivity contribution in [3.8, 4) is 0 Å². The molecule has 0 spiro atoms. The fourth-order valence-corrected chi connectivity index (χ4v) is 3.71. The summed E-state index contributed by atoms with van der Waals surface area (Å²) in [6, 6.07) is 8.83. The van der Waals surface area contributed by atoms with Crippen molar-refractivity contribution in [3.63, 3.8) is 0 Å². The van der Waals surface area contributed by atoms with Crippen LogP contribution >= 0.6 is 23.4 Å². The van der Waals surface area contributed by atoms with Crippen LogP contribution in [0.25, 0.3) is 0 Å². The van der Waals surface area contributed by atoms with Gasteiger partial charge < -0.3 is 5.32 Å². The van der Waals surface area contributed by atoms with E-state index in [9.17, 15) is 0 Å². The first-order chi connectivity index (χ1) is 7.79. The number of thioether (sulfide) groups is 1. The van der Waals surface area contributed by atoms with Gasteiger partial charge in [-0.2, -0.15) is 11.8 Å². The Labute approximate surface area is 107 Å². The quantitative estimate of drug-likeness (QED) is 0.887. The summed E-state index contributed by atoms with van der Waals surface area (Å²) >= 11 is 7.97. The van der Waals surface area contributed by atoms with Crippen molar-refractivity contribution in [2.45, 2.75) is 18.9 Å². The predicted molar refractivity (Wildman–Crippen MR) is 73.4 cm³/mol. The first-order valence-corrected chi connectivity index (χ1v) is 7.32. The van der Waals surface area contributed by atoms with Crippen LogP contribution in [0.5, 0.6) is 0 Å². The molecule has 1 aliphatic heterocycles.